The van der Waals surface area contributed by atoms with Crippen molar-refractivity contribution in [2.45, 2.75) is 12.5 Å². The Morgan fingerprint density at radius 3 is 3.00 bits per heavy atom. The summed E-state index contributed by atoms with van der Waals surface area (Å²) < 4.78 is 0.849. The highest BCUT2D eigenvalue weighted by molar-refractivity contribution is 9.10. The summed E-state index contributed by atoms with van der Waals surface area (Å²) in [6.07, 6.45) is 2.08. The van der Waals surface area contributed by atoms with Crippen LogP contribution in [0.15, 0.2) is 10.8 Å². The Bertz CT molecular complexity index is 360. The van der Waals surface area contributed by atoms with Gasteiger partial charge in [-0.1, -0.05) is 0 Å². The van der Waals surface area contributed by atoms with Crippen molar-refractivity contribution < 1.29 is 5.11 Å². The topological polar surface area (TPSA) is 61.3 Å². The molecule has 1 unspecified atom stereocenters. The monoisotopic (exact) mass is 272 g/mol. The van der Waals surface area contributed by atoms with Crippen LogP contribution in [-0.2, 0) is 0 Å². The summed E-state index contributed by atoms with van der Waals surface area (Å²) in [6.45, 7) is 1.47. The number of aliphatic hydroxyl groups excluding tert-OH is 1. The van der Waals surface area contributed by atoms with Gasteiger partial charge in [-0.3, -0.25) is 0 Å². The van der Waals surface area contributed by atoms with Gasteiger partial charge in [-0.25, -0.2) is 9.97 Å². The zero-order valence-electron chi connectivity index (χ0n) is 8.44. The normalized spacial score (nSPS) is 20.7. The molecule has 0 saturated carbocycles. The summed E-state index contributed by atoms with van der Waals surface area (Å²) in [5.74, 6) is 1.60. The molecule has 2 heterocycles. The van der Waals surface area contributed by atoms with Crippen molar-refractivity contribution in [1.82, 2.24) is 9.97 Å². The van der Waals surface area contributed by atoms with E-state index in [0.717, 1.165) is 29.1 Å². The lowest BCUT2D eigenvalue weighted by atomic mass is 10.3. The van der Waals surface area contributed by atoms with E-state index in [-0.39, 0.29) is 6.10 Å². The van der Waals surface area contributed by atoms with Gasteiger partial charge in [0.05, 0.1) is 6.10 Å². The van der Waals surface area contributed by atoms with Crippen molar-refractivity contribution in [1.29, 1.82) is 0 Å². The van der Waals surface area contributed by atoms with E-state index >= 15 is 0 Å². The molecular weight excluding hydrogens is 260 g/mol. The van der Waals surface area contributed by atoms with Crippen molar-refractivity contribution >= 4 is 27.6 Å². The summed E-state index contributed by atoms with van der Waals surface area (Å²) in [5, 5.41) is 12.4. The van der Waals surface area contributed by atoms with E-state index < -0.39 is 0 Å². The van der Waals surface area contributed by atoms with Gasteiger partial charge in [0.15, 0.2) is 0 Å². The maximum Gasteiger partial charge on any atom is 0.148 e. The van der Waals surface area contributed by atoms with Crippen LogP contribution in [0.25, 0.3) is 0 Å². The molecule has 0 aliphatic carbocycles. The van der Waals surface area contributed by atoms with Crippen LogP contribution < -0.4 is 10.2 Å². The van der Waals surface area contributed by atoms with Crippen LogP contribution in [0.4, 0.5) is 11.6 Å². The first-order valence-electron chi connectivity index (χ1n) is 4.83. The molecule has 82 valence electrons. The van der Waals surface area contributed by atoms with E-state index in [1.807, 2.05) is 7.05 Å². The highest BCUT2D eigenvalue weighted by Gasteiger charge is 2.23. The van der Waals surface area contributed by atoms with Gasteiger partial charge in [-0.05, 0) is 22.4 Å². The third-order valence-corrected chi connectivity index (χ3v) is 3.20. The maximum absolute atomic E-state index is 9.46. The first-order valence-corrected chi connectivity index (χ1v) is 5.63. The van der Waals surface area contributed by atoms with Crippen LogP contribution in [0.3, 0.4) is 0 Å². The number of hydrogen-bond donors (Lipinski definition) is 2. The van der Waals surface area contributed by atoms with Gasteiger partial charge in [0.25, 0.3) is 0 Å². The van der Waals surface area contributed by atoms with Crippen LogP contribution in [0.1, 0.15) is 6.42 Å². The molecule has 0 radical (unpaired) electrons. The lowest BCUT2D eigenvalue weighted by Gasteiger charge is -2.18. The van der Waals surface area contributed by atoms with Crippen molar-refractivity contribution in [3.8, 4) is 0 Å². The molecule has 1 aliphatic rings. The van der Waals surface area contributed by atoms with Crippen LogP contribution in [0.5, 0.6) is 0 Å². The first kappa shape index (κ1) is 10.6. The Morgan fingerprint density at radius 2 is 2.40 bits per heavy atom. The molecule has 0 amide bonds. The number of β-amino-alcohol motifs (C(OH)–C–C–N with tert-alkyl or cyclic N) is 1. The molecule has 1 atom stereocenters. The van der Waals surface area contributed by atoms with E-state index in [2.05, 4.69) is 36.1 Å². The molecule has 1 fully saturated rings. The van der Waals surface area contributed by atoms with Crippen molar-refractivity contribution in [2.24, 2.45) is 0 Å². The summed E-state index contributed by atoms with van der Waals surface area (Å²) in [4.78, 5) is 10.4. The number of anilines is 2. The van der Waals surface area contributed by atoms with Crippen LogP contribution in [-0.4, -0.2) is 41.3 Å². The first-order chi connectivity index (χ1) is 7.22. The summed E-state index contributed by atoms with van der Waals surface area (Å²) >= 11 is 3.46. The molecule has 2 rings (SSSR count). The Kier molecular flexibility index (Phi) is 3.06. The smallest absolute Gasteiger partial charge is 0.148 e. The van der Waals surface area contributed by atoms with Crippen molar-refractivity contribution in [2.75, 3.05) is 30.4 Å². The predicted octanol–water partition coefficient (Wildman–Crippen LogP) is 0.852. The standard InChI is InChI=1S/C9H13BrN4O/c1-11-8-7(10)9(13-5-12-8)14-3-2-6(15)4-14/h5-6,15H,2-4H2,1H3,(H,11,12,13). The van der Waals surface area contributed by atoms with E-state index in [1.54, 1.807) is 0 Å². The van der Waals surface area contributed by atoms with E-state index in [0.29, 0.717) is 6.54 Å². The second kappa shape index (κ2) is 4.32. The number of aliphatic hydroxyl groups is 1. The predicted molar refractivity (Wildman–Crippen MR) is 62.1 cm³/mol. The minimum Gasteiger partial charge on any atom is -0.391 e. The Hall–Kier alpha value is -0.880. The average molecular weight is 273 g/mol. The molecule has 0 bridgehead atoms. The van der Waals surface area contributed by atoms with Crippen LogP contribution >= 0.6 is 15.9 Å². The lowest BCUT2D eigenvalue weighted by Crippen LogP contribution is -2.23. The molecule has 6 heteroatoms. The molecule has 1 aromatic heterocycles. The molecule has 5 nitrogen and oxygen atoms in total. The number of rotatable bonds is 2. The maximum atomic E-state index is 9.46. The van der Waals surface area contributed by atoms with Crippen LogP contribution in [0, 0.1) is 0 Å². The zero-order chi connectivity index (χ0) is 10.8. The lowest BCUT2D eigenvalue weighted by molar-refractivity contribution is 0.198. The SMILES string of the molecule is CNc1ncnc(N2CCC(O)C2)c1Br. The number of aromatic nitrogens is 2. The molecule has 0 aromatic carbocycles. The minimum absolute atomic E-state index is 0.245. The van der Waals surface area contributed by atoms with Crippen molar-refractivity contribution in [3.63, 3.8) is 0 Å². The van der Waals surface area contributed by atoms with E-state index in [4.69, 9.17) is 0 Å². The molecular formula is C9H13BrN4O. The van der Waals surface area contributed by atoms with Gasteiger partial charge >= 0.3 is 0 Å². The van der Waals surface area contributed by atoms with Gasteiger partial charge in [-0.15, -0.1) is 0 Å². The number of halogens is 1. The molecule has 15 heavy (non-hydrogen) atoms. The Balaban J connectivity index is 2.28. The van der Waals surface area contributed by atoms with Crippen LogP contribution in [0.2, 0.25) is 0 Å². The fourth-order valence-corrected chi connectivity index (χ4v) is 2.34. The molecule has 2 N–H and O–H groups in total. The zero-order valence-corrected chi connectivity index (χ0v) is 10.0. The van der Waals surface area contributed by atoms with E-state index in [9.17, 15) is 5.11 Å². The van der Waals surface area contributed by atoms with E-state index in [1.165, 1.54) is 6.33 Å². The van der Waals surface area contributed by atoms with Gasteiger partial charge in [0, 0.05) is 20.1 Å². The Labute approximate surface area is 96.7 Å². The molecule has 1 saturated heterocycles. The van der Waals surface area contributed by atoms with Crippen molar-refractivity contribution in [3.05, 3.63) is 10.8 Å². The fourth-order valence-electron chi connectivity index (χ4n) is 1.69. The summed E-state index contributed by atoms with van der Waals surface area (Å²) in [7, 11) is 1.82. The second-order valence-corrected chi connectivity index (χ2v) is 4.29. The number of nitrogens with zero attached hydrogens (tertiary/aromatic N) is 3. The third-order valence-electron chi connectivity index (χ3n) is 2.47. The van der Waals surface area contributed by atoms with Gasteiger partial charge in [0.1, 0.15) is 22.4 Å². The Morgan fingerprint density at radius 1 is 1.60 bits per heavy atom. The minimum atomic E-state index is -0.245. The number of nitrogens with one attached hydrogen (secondary N) is 1. The molecule has 0 spiro atoms. The third kappa shape index (κ3) is 2.05. The average Bonchev–Trinajstić information content (AvgIpc) is 2.65. The highest BCUT2D eigenvalue weighted by Crippen LogP contribution is 2.30. The summed E-state index contributed by atoms with van der Waals surface area (Å²) in [5.41, 5.74) is 0. The number of hydrogen-bond acceptors (Lipinski definition) is 5. The molecule has 1 aromatic rings. The van der Waals surface area contributed by atoms with Gasteiger partial charge in [0.2, 0.25) is 0 Å². The second-order valence-electron chi connectivity index (χ2n) is 3.50. The largest absolute Gasteiger partial charge is 0.391 e. The quantitative estimate of drug-likeness (QED) is 0.836. The van der Waals surface area contributed by atoms with Gasteiger partial charge in [-0.2, -0.15) is 0 Å². The highest BCUT2D eigenvalue weighted by atomic mass is 79.9. The molecule has 1 aliphatic heterocycles. The fraction of sp³-hybridized carbons (Fsp3) is 0.556. The van der Waals surface area contributed by atoms with Gasteiger partial charge < -0.3 is 15.3 Å². The summed E-state index contributed by atoms with van der Waals surface area (Å²) in [6, 6.07) is 0.